The smallest absolute Gasteiger partial charge is 0.275 e. The molecule has 0 saturated heterocycles. The quantitative estimate of drug-likeness (QED) is 0.789. The third-order valence-corrected chi connectivity index (χ3v) is 4.05. The van der Waals surface area contributed by atoms with Gasteiger partial charge in [0.05, 0.1) is 12.8 Å². The summed E-state index contributed by atoms with van der Waals surface area (Å²) in [5, 5.41) is 5.72. The van der Waals surface area contributed by atoms with Gasteiger partial charge in [-0.2, -0.15) is 0 Å². The van der Waals surface area contributed by atoms with E-state index in [2.05, 4.69) is 10.3 Å². The van der Waals surface area contributed by atoms with E-state index in [9.17, 15) is 4.79 Å². The number of nitrogens with zero attached hydrogens (tertiary/aromatic N) is 2. The Morgan fingerprint density at radius 2 is 2.14 bits per heavy atom. The summed E-state index contributed by atoms with van der Waals surface area (Å²) in [7, 11) is 1.53. The van der Waals surface area contributed by atoms with Crippen molar-refractivity contribution in [2.75, 3.05) is 12.4 Å². The van der Waals surface area contributed by atoms with E-state index in [0.717, 1.165) is 5.13 Å². The first-order valence-electron chi connectivity index (χ1n) is 6.41. The Balaban J connectivity index is 1.82. The molecule has 0 radical (unpaired) electrons. The average Bonchev–Trinajstić information content (AvgIpc) is 3.18. The summed E-state index contributed by atoms with van der Waals surface area (Å²) in [5.74, 6) is 0.230. The lowest BCUT2D eigenvalue weighted by Gasteiger charge is -2.09. The SMILES string of the molecule is COc1ccc(Cl)cc1NC(=O)c1csc(-n2cccc2)n1. The zero-order valence-electron chi connectivity index (χ0n) is 11.6. The summed E-state index contributed by atoms with van der Waals surface area (Å²) in [6.07, 6.45) is 3.75. The molecule has 0 bridgehead atoms. The lowest BCUT2D eigenvalue weighted by atomic mass is 10.3. The van der Waals surface area contributed by atoms with Gasteiger partial charge in [-0.25, -0.2) is 4.98 Å². The number of ether oxygens (including phenoxy) is 1. The van der Waals surface area contributed by atoms with Crippen LogP contribution >= 0.6 is 22.9 Å². The number of halogens is 1. The van der Waals surface area contributed by atoms with Crippen LogP contribution in [0.5, 0.6) is 5.75 Å². The van der Waals surface area contributed by atoms with Crippen molar-refractivity contribution in [3.05, 3.63) is 58.8 Å². The number of hydrogen-bond acceptors (Lipinski definition) is 4. The van der Waals surface area contributed by atoms with Gasteiger partial charge in [0, 0.05) is 22.8 Å². The molecule has 3 aromatic rings. The molecule has 2 aromatic heterocycles. The van der Waals surface area contributed by atoms with E-state index < -0.39 is 0 Å². The number of hydrogen-bond donors (Lipinski definition) is 1. The van der Waals surface area contributed by atoms with Gasteiger partial charge < -0.3 is 14.6 Å². The molecule has 0 aliphatic rings. The molecule has 0 unspecified atom stereocenters. The van der Waals surface area contributed by atoms with Crippen LogP contribution in [-0.2, 0) is 0 Å². The number of aromatic nitrogens is 2. The number of methoxy groups -OCH3 is 1. The summed E-state index contributed by atoms with van der Waals surface area (Å²) in [4.78, 5) is 16.6. The zero-order valence-corrected chi connectivity index (χ0v) is 13.2. The fourth-order valence-electron chi connectivity index (χ4n) is 1.91. The first-order chi connectivity index (χ1) is 10.7. The fourth-order valence-corrected chi connectivity index (χ4v) is 2.86. The molecule has 0 spiro atoms. The summed E-state index contributed by atoms with van der Waals surface area (Å²) in [6, 6.07) is 8.83. The van der Waals surface area contributed by atoms with Gasteiger partial charge in [0.1, 0.15) is 11.4 Å². The number of nitrogens with one attached hydrogen (secondary N) is 1. The van der Waals surface area contributed by atoms with Gasteiger partial charge in [0.25, 0.3) is 5.91 Å². The molecule has 7 heteroatoms. The summed E-state index contributed by atoms with van der Waals surface area (Å²) >= 11 is 7.34. The number of carbonyl (C=O) groups is 1. The second-order valence-electron chi connectivity index (χ2n) is 4.40. The van der Waals surface area contributed by atoms with Crippen molar-refractivity contribution in [1.29, 1.82) is 0 Å². The Kier molecular flexibility index (Phi) is 4.13. The van der Waals surface area contributed by atoms with E-state index in [1.54, 1.807) is 23.6 Å². The standard InChI is InChI=1S/C15H12ClN3O2S/c1-21-13-5-4-10(16)8-11(13)17-14(20)12-9-22-15(18-12)19-6-2-3-7-19/h2-9H,1H3,(H,17,20). The average molecular weight is 334 g/mol. The molecule has 0 saturated carbocycles. The maximum atomic E-state index is 12.3. The molecule has 0 aliphatic carbocycles. The Morgan fingerprint density at radius 1 is 1.36 bits per heavy atom. The number of benzene rings is 1. The number of amides is 1. The van der Waals surface area contributed by atoms with Gasteiger partial charge in [-0.1, -0.05) is 11.6 Å². The van der Waals surface area contributed by atoms with Gasteiger partial charge >= 0.3 is 0 Å². The van der Waals surface area contributed by atoms with E-state index in [1.165, 1.54) is 18.4 Å². The van der Waals surface area contributed by atoms with Crippen LogP contribution in [-0.4, -0.2) is 22.6 Å². The van der Waals surface area contributed by atoms with E-state index in [1.807, 2.05) is 29.1 Å². The van der Waals surface area contributed by atoms with E-state index >= 15 is 0 Å². The van der Waals surface area contributed by atoms with Crippen LogP contribution in [0.15, 0.2) is 48.1 Å². The molecule has 0 aliphatic heterocycles. The van der Waals surface area contributed by atoms with Gasteiger partial charge in [0.15, 0.2) is 5.13 Å². The van der Waals surface area contributed by atoms with Gasteiger partial charge in [-0.15, -0.1) is 11.3 Å². The molecular weight excluding hydrogens is 322 g/mol. The first kappa shape index (κ1) is 14.6. The zero-order chi connectivity index (χ0) is 15.5. The van der Waals surface area contributed by atoms with Crippen molar-refractivity contribution in [3.8, 4) is 10.9 Å². The third-order valence-electron chi connectivity index (χ3n) is 2.96. The second-order valence-corrected chi connectivity index (χ2v) is 5.68. The monoisotopic (exact) mass is 333 g/mol. The van der Waals surface area contributed by atoms with Crippen molar-refractivity contribution in [1.82, 2.24) is 9.55 Å². The molecule has 0 atom stereocenters. The van der Waals surface area contributed by atoms with Crippen molar-refractivity contribution >= 4 is 34.5 Å². The maximum Gasteiger partial charge on any atom is 0.275 e. The van der Waals surface area contributed by atoms with Crippen molar-refractivity contribution < 1.29 is 9.53 Å². The second kappa shape index (κ2) is 6.21. The molecule has 5 nitrogen and oxygen atoms in total. The minimum atomic E-state index is -0.310. The van der Waals surface area contributed by atoms with Crippen LogP contribution < -0.4 is 10.1 Å². The summed E-state index contributed by atoms with van der Waals surface area (Å²) in [6.45, 7) is 0. The first-order valence-corrected chi connectivity index (χ1v) is 7.67. The molecule has 1 amide bonds. The number of rotatable bonds is 4. The minimum absolute atomic E-state index is 0.310. The van der Waals surface area contributed by atoms with Crippen LogP contribution in [0.4, 0.5) is 5.69 Å². The van der Waals surface area contributed by atoms with Crippen LogP contribution in [0.25, 0.3) is 5.13 Å². The molecule has 1 N–H and O–H groups in total. The lowest BCUT2D eigenvalue weighted by molar-refractivity contribution is 0.102. The molecule has 22 heavy (non-hydrogen) atoms. The summed E-state index contributed by atoms with van der Waals surface area (Å²) < 4.78 is 7.05. The van der Waals surface area contributed by atoms with Crippen LogP contribution in [0, 0.1) is 0 Å². The number of carbonyl (C=O) groups excluding carboxylic acids is 1. The van der Waals surface area contributed by atoms with Gasteiger partial charge in [-0.05, 0) is 30.3 Å². The van der Waals surface area contributed by atoms with Crippen LogP contribution in [0.3, 0.4) is 0 Å². The third kappa shape index (κ3) is 2.98. The minimum Gasteiger partial charge on any atom is -0.495 e. The van der Waals surface area contributed by atoms with Crippen molar-refractivity contribution in [3.63, 3.8) is 0 Å². The van der Waals surface area contributed by atoms with Crippen LogP contribution in [0.1, 0.15) is 10.5 Å². The molecule has 2 heterocycles. The Labute approximate surface area is 136 Å². The Hall–Kier alpha value is -2.31. The largest absolute Gasteiger partial charge is 0.495 e. The predicted molar refractivity (Wildman–Crippen MR) is 87.4 cm³/mol. The molecule has 0 fully saturated rings. The van der Waals surface area contributed by atoms with Crippen molar-refractivity contribution in [2.24, 2.45) is 0 Å². The van der Waals surface area contributed by atoms with Gasteiger partial charge in [0.2, 0.25) is 0 Å². The predicted octanol–water partition coefficient (Wildman–Crippen LogP) is 3.85. The highest BCUT2D eigenvalue weighted by atomic mass is 35.5. The highest BCUT2D eigenvalue weighted by Crippen LogP contribution is 2.28. The van der Waals surface area contributed by atoms with E-state index in [4.69, 9.17) is 16.3 Å². The van der Waals surface area contributed by atoms with E-state index in [0.29, 0.717) is 22.2 Å². The lowest BCUT2D eigenvalue weighted by Crippen LogP contribution is -2.13. The fraction of sp³-hybridized carbons (Fsp3) is 0.0667. The maximum absolute atomic E-state index is 12.3. The molecule has 3 rings (SSSR count). The molecule has 112 valence electrons. The highest BCUT2D eigenvalue weighted by molar-refractivity contribution is 7.12. The number of anilines is 1. The number of thiazole rings is 1. The summed E-state index contributed by atoms with van der Waals surface area (Å²) in [5.41, 5.74) is 0.853. The topological polar surface area (TPSA) is 56.1 Å². The van der Waals surface area contributed by atoms with Crippen molar-refractivity contribution in [2.45, 2.75) is 0 Å². The van der Waals surface area contributed by atoms with Crippen LogP contribution in [0.2, 0.25) is 5.02 Å². The molecule has 1 aromatic carbocycles. The van der Waals surface area contributed by atoms with E-state index in [-0.39, 0.29) is 5.91 Å². The normalized spacial score (nSPS) is 10.5. The Bertz CT molecular complexity index is 799. The van der Waals surface area contributed by atoms with Gasteiger partial charge in [-0.3, -0.25) is 4.79 Å². The highest BCUT2D eigenvalue weighted by Gasteiger charge is 2.14. The molecular formula is C15H12ClN3O2S. The Morgan fingerprint density at radius 3 is 2.86 bits per heavy atom.